The molecule has 4 saturated heterocycles. The van der Waals surface area contributed by atoms with Crippen LogP contribution in [-0.2, 0) is 63.4 Å². The van der Waals surface area contributed by atoms with Crippen molar-refractivity contribution < 1.29 is 77.6 Å². The maximum absolute atomic E-state index is 14.9. The number of aromatic nitrogens is 16. The summed E-state index contributed by atoms with van der Waals surface area (Å²) in [7, 11) is 0. The zero-order chi connectivity index (χ0) is 105. The van der Waals surface area contributed by atoms with E-state index in [4.69, 9.17) is 65.4 Å². The van der Waals surface area contributed by atoms with Gasteiger partial charge >= 0.3 is 30.5 Å². The maximum Gasteiger partial charge on any atom is 0.416 e. The molecule has 0 unspecified atom stereocenters. The Kier molecular flexibility index (Phi) is 29.1. The van der Waals surface area contributed by atoms with E-state index in [9.17, 15) is 58.7 Å². The molecule has 0 bridgehead atoms. The van der Waals surface area contributed by atoms with E-state index in [2.05, 4.69) is 108 Å². The number of nitrogens with zero attached hydrogens (tertiary/aromatic N) is 20. The quantitative estimate of drug-likeness (QED) is 0.0322. The molecule has 8 aromatic heterocycles. The number of cyclic esters (lactones) is 4. The number of alkyl halides is 6. The highest BCUT2D eigenvalue weighted by atomic mass is 35.5. The molecule has 0 radical (unpaired) electrons. The van der Waals surface area contributed by atoms with Crippen molar-refractivity contribution in [1.29, 1.82) is 0 Å². The lowest BCUT2D eigenvalue weighted by Gasteiger charge is -2.25. The van der Waals surface area contributed by atoms with Crippen LogP contribution in [0, 0.1) is 17.5 Å². The monoisotopic (exact) mass is 2080 g/mol. The Bertz CT molecular complexity index is 6840. The summed E-state index contributed by atoms with van der Waals surface area (Å²) >= 11 is 25.7. The molecule has 0 spiro atoms. The summed E-state index contributed by atoms with van der Waals surface area (Å²) in [6.45, 7) is 31.0. The molecule has 45 heteroatoms. The first-order valence-electron chi connectivity index (χ1n) is 47.0. The van der Waals surface area contributed by atoms with Crippen molar-refractivity contribution in [3.63, 3.8) is 0 Å². The molecule has 3 aliphatic carbocycles. The second kappa shape index (κ2) is 40.3. The molecule has 32 nitrogen and oxygen atoms in total. The van der Waals surface area contributed by atoms with Crippen molar-refractivity contribution in [2.75, 3.05) is 67.3 Å². The van der Waals surface area contributed by atoms with E-state index < -0.39 is 117 Å². The lowest BCUT2D eigenvalue weighted by Crippen LogP contribution is -2.39. The van der Waals surface area contributed by atoms with Gasteiger partial charge in [-0.25, -0.2) is 85.4 Å². The van der Waals surface area contributed by atoms with Crippen LogP contribution >= 0.6 is 46.4 Å². The number of hydrogen-bond donors (Lipinski definition) is 4. The lowest BCUT2D eigenvalue weighted by molar-refractivity contribution is -0.138. The van der Waals surface area contributed by atoms with Crippen molar-refractivity contribution in [3.05, 3.63) is 236 Å². The molecular weight excluding hydrogens is 1980 g/mol. The van der Waals surface area contributed by atoms with Crippen molar-refractivity contribution in [2.45, 2.75) is 256 Å². The average Bonchev–Trinajstić information content (AvgIpc) is 1.58. The summed E-state index contributed by atoms with van der Waals surface area (Å²) in [4.78, 5) is 106. The Morgan fingerprint density at radius 3 is 1.32 bits per heavy atom. The maximum atomic E-state index is 14.9. The van der Waals surface area contributed by atoms with Crippen LogP contribution in [0.25, 0.3) is 22.7 Å². The second-order valence-electron chi connectivity index (χ2n) is 40.9. The molecular formula is C100H109Cl4F9N24O8. The van der Waals surface area contributed by atoms with E-state index >= 15 is 0 Å². The Balaban J connectivity index is 0.000000139. The fourth-order valence-electron chi connectivity index (χ4n) is 17.4. The summed E-state index contributed by atoms with van der Waals surface area (Å²) in [5, 5.41) is 14.3. The molecule has 4 N–H and O–H groups in total. The number of amides is 4. The van der Waals surface area contributed by atoms with Crippen molar-refractivity contribution in [3.8, 4) is 22.7 Å². The molecule has 8 atom stereocenters. The summed E-state index contributed by atoms with van der Waals surface area (Å²) in [5.74, 6) is 0.0639. The molecule has 4 amide bonds. The number of benzene rings is 4. The first kappa shape index (κ1) is 105. The van der Waals surface area contributed by atoms with Crippen LogP contribution in [0.5, 0.6) is 0 Å². The number of anilines is 8. The van der Waals surface area contributed by atoms with Gasteiger partial charge in [0.25, 0.3) is 0 Å². The molecule has 12 aromatic rings. The van der Waals surface area contributed by atoms with Gasteiger partial charge in [0.1, 0.15) is 109 Å². The molecule has 7 aliphatic rings. The average molecular weight is 2090 g/mol. The third kappa shape index (κ3) is 22.3. The number of carbonyl (C=O) groups is 4. The highest BCUT2D eigenvalue weighted by molar-refractivity contribution is 6.32. The van der Waals surface area contributed by atoms with Crippen molar-refractivity contribution >= 4 is 118 Å². The van der Waals surface area contributed by atoms with Crippen LogP contribution in [0.3, 0.4) is 0 Å². The summed E-state index contributed by atoms with van der Waals surface area (Å²) in [6, 6.07) is 18.3. The summed E-state index contributed by atoms with van der Waals surface area (Å²) in [5.41, 5.74) is 3.22. The summed E-state index contributed by atoms with van der Waals surface area (Å²) < 4.78 is 155. The second-order valence-corrected chi connectivity index (χ2v) is 42.5. The first-order chi connectivity index (χ1) is 68.3. The smallest absolute Gasteiger partial charge is 0.416 e. The Labute approximate surface area is 850 Å². The lowest BCUT2D eigenvalue weighted by atomic mass is 9.83. The predicted molar refractivity (Wildman–Crippen MR) is 530 cm³/mol. The van der Waals surface area contributed by atoms with Gasteiger partial charge in [0.05, 0.1) is 87.2 Å². The molecule has 19 rings (SSSR count). The minimum absolute atomic E-state index is 0.0328. The minimum atomic E-state index is -4.54. The predicted octanol–water partition coefficient (Wildman–Crippen LogP) is 23.2. The zero-order valence-electron chi connectivity index (χ0n) is 82.4. The molecule has 12 heterocycles. The van der Waals surface area contributed by atoms with Crippen molar-refractivity contribution in [2.24, 2.45) is 0 Å². The first-order valence-corrected chi connectivity index (χ1v) is 48.5. The van der Waals surface area contributed by atoms with Gasteiger partial charge in [0, 0.05) is 69.9 Å². The van der Waals surface area contributed by atoms with E-state index in [1.165, 1.54) is 83.2 Å². The van der Waals surface area contributed by atoms with Gasteiger partial charge in [-0.2, -0.15) is 33.1 Å². The van der Waals surface area contributed by atoms with Crippen LogP contribution in [0.2, 0.25) is 20.2 Å². The molecule has 3 saturated carbocycles. The molecule has 768 valence electrons. The van der Waals surface area contributed by atoms with Crippen LogP contribution < -0.4 is 40.9 Å². The normalized spacial score (nSPS) is 19.1. The Morgan fingerprint density at radius 2 is 0.862 bits per heavy atom. The SMILES string of the molecule is CC[C@H]1COC(=O)N1c1nc(N[C@@H](C)c2cn(-c3ccc(Cl)c(C(C)(C)C)c3)cn2)ncc1F.C[C@H](F)[C@H]1COC(=O)N1c1ccnc(NC2(c3cn(-c4cc(Cl)c(F)c(C(C)(C)C)c4)cn3)CC2)n1.C[C@H](F)[C@H]1COC(=O)N1c1ccnc(NC2(c3cn(-c4cc(F)c(C(C)(C)C)c(Cl)c4)cn3)CC2)n1.C[C@H](F)[C@H]1COC(=O)N1c1ccnc(NC2(c3ncn(-c4ccc(C(C)(C)C)c(C(F)(F)F)c4)c3Cl)CC2)n1. The highest BCUT2D eigenvalue weighted by Crippen LogP contribution is 2.53. The van der Waals surface area contributed by atoms with Gasteiger partial charge in [0.2, 0.25) is 23.8 Å². The standard InChI is InChI=1S/C26H27ClF4N6O2.2C25H27ClF2N6O2.C24H28ClFN6O2/c1-14(28)18-12-39-23(38)37(18)19-7-10-32-22(34-19)35-25(8-9-25)20-21(27)36(13-33-20)15-5-6-16(24(2,3)4)17(11-15)26(29,30)31;1-14(27)18-12-36-23(35)34(18)20-5-8-29-22(31-20)32-25(6-7-25)19-11-33(13-30-19)15-9-16(26)21(17(28)10-15)24(2,3)4;1-14(27)18-12-36-23(35)34(18)20-5-8-29-22(31-20)32-25(6-7-25)19-11-33(13-30-19)15-9-16(24(2,3)4)21(28)17(26)10-15;1-6-15-12-34-23(33)32(15)21-19(26)10-27-22(30-21)29-14(2)20-11-31(13-28-20)16-7-8-18(25)17(9-16)24(3,4)5/h5-7,10-11,13-14,18H,8-9,12H2,1-4H3,(H,32,34,35);2*5,8-11,13-14,18H,6-7,12H2,1-4H3,(H,29,31,32);7-11,13-15H,6,12H2,1-5H3,(H,27,29,30)/t3*14-,18+;14-,15-/m0000/s1. The number of carbonyl (C=O) groups excluding carboxylic acids is 4. The molecule has 145 heavy (non-hydrogen) atoms. The van der Waals surface area contributed by atoms with Gasteiger partial charge in [-0.05, 0) is 184 Å². The Morgan fingerprint density at radius 1 is 0.428 bits per heavy atom. The number of rotatable bonds is 24. The highest BCUT2D eigenvalue weighted by Gasteiger charge is 2.53. The molecule has 4 aromatic carbocycles. The van der Waals surface area contributed by atoms with E-state index in [1.807, 2.05) is 95.2 Å². The van der Waals surface area contributed by atoms with Gasteiger partial charge in [-0.3, -0.25) is 24.2 Å². The van der Waals surface area contributed by atoms with Crippen LogP contribution in [0.1, 0.15) is 219 Å². The van der Waals surface area contributed by atoms with E-state index in [0.29, 0.717) is 58.4 Å². The number of hydrogen-bond acceptors (Lipinski definition) is 24. The van der Waals surface area contributed by atoms with Gasteiger partial charge in [-0.1, -0.05) is 142 Å². The fraction of sp³-hybridized carbons (Fsp3) is 0.440. The van der Waals surface area contributed by atoms with Gasteiger partial charge < -0.3 is 53.9 Å². The van der Waals surface area contributed by atoms with E-state index in [-0.39, 0.29) is 112 Å². The van der Waals surface area contributed by atoms with E-state index in [1.54, 1.807) is 80.7 Å². The number of imidazole rings is 4. The molecule has 4 aliphatic heterocycles. The zero-order valence-corrected chi connectivity index (χ0v) is 85.4. The van der Waals surface area contributed by atoms with Crippen LogP contribution in [-0.4, -0.2) is 172 Å². The van der Waals surface area contributed by atoms with E-state index in [0.717, 1.165) is 76.2 Å². The third-order valence-electron chi connectivity index (χ3n) is 26.0. The third-order valence-corrected chi connectivity index (χ3v) is 27.3. The topological polar surface area (TPSA) is 341 Å². The number of ether oxygens (including phenoxy) is 4. The Hall–Kier alpha value is -13.2. The van der Waals surface area contributed by atoms with Gasteiger partial charge in [-0.15, -0.1) is 0 Å². The summed E-state index contributed by atoms with van der Waals surface area (Å²) in [6.07, 6.45) is 11.5. The van der Waals surface area contributed by atoms with Crippen LogP contribution in [0.4, 0.5) is 106 Å². The molecule has 7 fully saturated rings. The largest absolute Gasteiger partial charge is 0.447 e. The number of halogens is 13. The fourth-order valence-corrected chi connectivity index (χ4v) is 18.9. The van der Waals surface area contributed by atoms with Crippen molar-refractivity contribution in [1.82, 2.24) is 78.1 Å². The van der Waals surface area contributed by atoms with Gasteiger partial charge in [0.15, 0.2) is 11.6 Å². The van der Waals surface area contributed by atoms with Crippen LogP contribution in [0.15, 0.2) is 148 Å². The number of nitrogens with one attached hydrogen (secondary N) is 4. The minimum Gasteiger partial charge on any atom is -0.447 e.